The van der Waals surface area contributed by atoms with E-state index in [1.165, 1.54) is 18.2 Å². The summed E-state index contributed by atoms with van der Waals surface area (Å²) in [6, 6.07) is 9.42. The van der Waals surface area contributed by atoms with Crippen LogP contribution in [0.15, 0.2) is 34.0 Å². The molecule has 2 aromatic rings. The number of rotatable bonds is 2. The van der Waals surface area contributed by atoms with Gasteiger partial charge >= 0.3 is 0 Å². The van der Waals surface area contributed by atoms with Crippen LogP contribution < -0.4 is 5.56 Å². The fraction of sp³-hybridized carbons (Fsp3) is 0.133. The second kappa shape index (κ2) is 5.47. The molecule has 1 aromatic carbocycles. The van der Waals surface area contributed by atoms with E-state index in [9.17, 15) is 13.2 Å². The van der Waals surface area contributed by atoms with Crippen LogP contribution in [0.5, 0.6) is 0 Å². The number of hydrogen-bond donors (Lipinski definition) is 1. The minimum atomic E-state index is -3.53. The summed E-state index contributed by atoms with van der Waals surface area (Å²) >= 11 is 0. The molecule has 0 aliphatic rings. The Balaban J connectivity index is 2.80. The summed E-state index contributed by atoms with van der Waals surface area (Å²) in [7, 11) is -3.53. The summed E-state index contributed by atoms with van der Waals surface area (Å²) in [6.07, 6.45) is 1.01. The van der Waals surface area contributed by atoms with Crippen molar-refractivity contribution in [1.82, 2.24) is 4.98 Å². The van der Waals surface area contributed by atoms with E-state index in [0.717, 1.165) is 6.26 Å². The molecule has 110 valence electrons. The van der Waals surface area contributed by atoms with Crippen molar-refractivity contribution in [2.45, 2.75) is 11.8 Å². The molecule has 1 aromatic heterocycles. The highest BCUT2D eigenvalue weighted by molar-refractivity contribution is 7.90. The van der Waals surface area contributed by atoms with E-state index in [0.29, 0.717) is 16.8 Å². The molecule has 0 saturated carbocycles. The van der Waals surface area contributed by atoms with Gasteiger partial charge in [-0.2, -0.15) is 10.5 Å². The Labute approximate surface area is 127 Å². The monoisotopic (exact) mass is 313 g/mol. The van der Waals surface area contributed by atoms with Gasteiger partial charge < -0.3 is 4.98 Å². The zero-order chi connectivity index (χ0) is 16.5. The van der Waals surface area contributed by atoms with Gasteiger partial charge in [-0.3, -0.25) is 4.79 Å². The third-order valence-electron chi connectivity index (χ3n) is 3.09. The number of hydrogen-bond acceptors (Lipinski definition) is 5. The lowest BCUT2D eigenvalue weighted by atomic mass is 9.99. The van der Waals surface area contributed by atoms with Gasteiger partial charge in [0.15, 0.2) is 9.84 Å². The first-order chi connectivity index (χ1) is 10.3. The number of aromatic amines is 1. The van der Waals surface area contributed by atoms with Gasteiger partial charge in [-0.05, 0) is 30.7 Å². The predicted octanol–water partition coefficient (Wildman–Crippen LogP) is 1.50. The van der Waals surface area contributed by atoms with Crippen LogP contribution in [0.2, 0.25) is 0 Å². The fourth-order valence-corrected chi connectivity index (χ4v) is 2.95. The van der Waals surface area contributed by atoms with Crippen LogP contribution >= 0.6 is 0 Å². The zero-order valence-corrected chi connectivity index (χ0v) is 12.7. The molecular formula is C15H11N3O3S. The van der Waals surface area contributed by atoms with E-state index < -0.39 is 15.4 Å². The SMILES string of the molecule is Cc1cc(-c2ccc(S(C)(=O)=O)c(C#N)c2)c(C#N)c(=O)[nH]1. The van der Waals surface area contributed by atoms with E-state index in [-0.39, 0.29) is 16.0 Å². The molecule has 0 radical (unpaired) electrons. The Kier molecular flexibility index (Phi) is 3.85. The minimum Gasteiger partial charge on any atom is -0.325 e. The number of pyridine rings is 1. The maximum atomic E-state index is 11.8. The predicted molar refractivity (Wildman–Crippen MR) is 79.8 cm³/mol. The van der Waals surface area contributed by atoms with Crippen molar-refractivity contribution in [2.24, 2.45) is 0 Å². The van der Waals surface area contributed by atoms with Gasteiger partial charge in [0.05, 0.1) is 10.5 Å². The third-order valence-corrected chi connectivity index (χ3v) is 4.25. The molecule has 6 nitrogen and oxygen atoms in total. The number of aromatic nitrogens is 1. The van der Waals surface area contributed by atoms with Gasteiger partial charge in [0.2, 0.25) is 0 Å². The molecule has 0 atom stereocenters. The lowest BCUT2D eigenvalue weighted by Gasteiger charge is -2.08. The molecule has 22 heavy (non-hydrogen) atoms. The molecule has 2 rings (SSSR count). The smallest absolute Gasteiger partial charge is 0.266 e. The maximum absolute atomic E-state index is 11.8. The lowest BCUT2D eigenvalue weighted by Crippen LogP contribution is -2.12. The summed E-state index contributed by atoms with van der Waals surface area (Å²) in [5.41, 5.74) is 0.728. The summed E-state index contributed by atoms with van der Waals surface area (Å²) in [6.45, 7) is 1.67. The summed E-state index contributed by atoms with van der Waals surface area (Å²) < 4.78 is 23.3. The van der Waals surface area contributed by atoms with Crippen LogP contribution in [-0.4, -0.2) is 19.7 Å². The minimum absolute atomic E-state index is 0.0261. The summed E-state index contributed by atoms with van der Waals surface area (Å²) in [5, 5.41) is 18.3. The molecule has 0 saturated heterocycles. The second-order valence-corrected chi connectivity index (χ2v) is 6.76. The molecule has 0 fully saturated rings. The van der Waals surface area contributed by atoms with Crippen LogP contribution in [0, 0.1) is 29.6 Å². The highest BCUT2D eigenvalue weighted by Gasteiger charge is 2.16. The third kappa shape index (κ3) is 2.76. The van der Waals surface area contributed by atoms with Gasteiger partial charge in [0.25, 0.3) is 5.56 Å². The van der Waals surface area contributed by atoms with E-state index >= 15 is 0 Å². The van der Waals surface area contributed by atoms with Crippen molar-refractivity contribution in [3.05, 3.63) is 51.4 Å². The summed E-state index contributed by atoms with van der Waals surface area (Å²) in [5.74, 6) is 0. The highest BCUT2D eigenvalue weighted by Crippen LogP contribution is 2.26. The molecule has 0 aliphatic heterocycles. The van der Waals surface area contributed by atoms with Crippen LogP contribution in [0.1, 0.15) is 16.8 Å². The number of sulfone groups is 1. The first kappa shape index (κ1) is 15.5. The first-order valence-electron chi connectivity index (χ1n) is 6.16. The Morgan fingerprint density at radius 3 is 2.36 bits per heavy atom. The molecule has 1 N–H and O–H groups in total. The quantitative estimate of drug-likeness (QED) is 0.902. The zero-order valence-electron chi connectivity index (χ0n) is 11.8. The van der Waals surface area contributed by atoms with Crippen molar-refractivity contribution in [3.8, 4) is 23.3 Å². The van der Waals surface area contributed by atoms with Crippen molar-refractivity contribution >= 4 is 9.84 Å². The van der Waals surface area contributed by atoms with Gasteiger partial charge in [-0.15, -0.1) is 0 Å². The van der Waals surface area contributed by atoms with E-state index in [2.05, 4.69) is 4.98 Å². The molecule has 1 heterocycles. The Bertz CT molecular complexity index is 1010. The van der Waals surface area contributed by atoms with Gasteiger partial charge in [-0.25, -0.2) is 8.42 Å². The number of benzene rings is 1. The maximum Gasteiger partial charge on any atom is 0.266 e. The highest BCUT2D eigenvalue weighted by atomic mass is 32.2. The second-order valence-electron chi connectivity index (χ2n) is 4.78. The molecule has 0 spiro atoms. The molecule has 0 bridgehead atoms. The molecular weight excluding hydrogens is 302 g/mol. The van der Waals surface area contributed by atoms with E-state index in [1.807, 2.05) is 12.1 Å². The topological polar surface area (TPSA) is 115 Å². The van der Waals surface area contributed by atoms with Crippen molar-refractivity contribution < 1.29 is 8.42 Å². The Hall–Kier alpha value is -2.90. The molecule has 0 amide bonds. The number of nitrogens with zero attached hydrogens (tertiary/aromatic N) is 2. The molecule has 0 aliphatic carbocycles. The van der Waals surface area contributed by atoms with Crippen LogP contribution in [0.3, 0.4) is 0 Å². The van der Waals surface area contributed by atoms with E-state index in [4.69, 9.17) is 10.5 Å². The molecule has 7 heteroatoms. The van der Waals surface area contributed by atoms with E-state index in [1.54, 1.807) is 13.0 Å². The number of nitrogens with one attached hydrogen (secondary N) is 1. The van der Waals surface area contributed by atoms with Crippen molar-refractivity contribution in [3.63, 3.8) is 0 Å². The van der Waals surface area contributed by atoms with Crippen molar-refractivity contribution in [1.29, 1.82) is 10.5 Å². The largest absolute Gasteiger partial charge is 0.325 e. The van der Waals surface area contributed by atoms with Gasteiger partial charge in [0, 0.05) is 17.5 Å². The standard InChI is InChI=1S/C15H11N3O3S/c1-9-5-12(13(8-17)15(19)18-9)10-3-4-14(22(2,20)21)11(6-10)7-16/h3-6H,1-2H3,(H,18,19). The Morgan fingerprint density at radius 1 is 1.14 bits per heavy atom. The fourth-order valence-electron chi connectivity index (χ4n) is 2.14. The number of nitriles is 2. The molecule has 0 unspecified atom stereocenters. The average molecular weight is 313 g/mol. The van der Waals surface area contributed by atoms with Crippen LogP contribution in [0.4, 0.5) is 0 Å². The van der Waals surface area contributed by atoms with Gasteiger partial charge in [0.1, 0.15) is 17.7 Å². The Morgan fingerprint density at radius 2 is 1.82 bits per heavy atom. The number of H-pyrrole nitrogens is 1. The normalized spacial score (nSPS) is 10.7. The average Bonchev–Trinajstić information content (AvgIpc) is 2.44. The van der Waals surface area contributed by atoms with Crippen LogP contribution in [-0.2, 0) is 9.84 Å². The van der Waals surface area contributed by atoms with Crippen molar-refractivity contribution in [2.75, 3.05) is 6.26 Å². The summed E-state index contributed by atoms with van der Waals surface area (Å²) in [4.78, 5) is 14.2. The van der Waals surface area contributed by atoms with Crippen LogP contribution in [0.25, 0.3) is 11.1 Å². The number of aryl methyl sites for hydroxylation is 1. The first-order valence-corrected chi connectivity index (χ1v) is 8.05. The van der Waals surface area contributed by atoms with Gasteiger partial charge in [-0.1, -0.05) is 6.07 Å². The lowest BCUT2D eigenvalue weighted by molar-refractivity contribution is 0.601.